The van der Waals surface area contributed by atoms with E-state index in [9.17, 15) is 22.8 Å². The maximum absolute atomic E-state index is 12.9. The van der Waals surface area contributed by atoms with Crippen molar-refractivity contribution in [2.75, 3.05) is 38.0 Å². The summed E-state index contributed by atoms with van der Waals surface area (Å²) < 4.78 is 44.9. The summed E-state index contributed by atoms with van der Waals surface area (Å²) in [7, 11) is 0. The summed E-state index contributed by atoms with van der Waals surface area (Å²) in [6.07, 6.45) is -4.73. The summed E-state index contributed by atoms with van der Waals surface area (Å²) in [5.41, 5.74) is 1.93. The quantitative estimate of drug-likeness (QED) is 0.313. The fraction of sp³-hybridized carbons (Fsp3) is 0.310. The van der Waals surface area contributed by atoms with E-state index in [1.165, 1.54) is 19.1 Å². The zero-order valence-electron chi connectivity index (χ0n) is 21.4. The number of alkyl halides is 3. The van der Waals surface area contributed by atoms with Gasteiger partial charge in [-0.25, -0.2) is 4.79 Å². The van der Waals surface area contributed by atoms with Gasteiger partial charge >= 0.3 is 12.2 Å². The fourth-order valence-electron chi connectivity index (χ4n) is 4.31. The van der Waals surface area contributed by atoms with Crippen molar-refractivity contribution in [2.45, 2.75) is 25.8 Å². The molecule has 39 heavy (non-hydrogen) atoms. The SMILES string of the molecule is CC(=O)c1cccc(NC(=O)N2CCN(C[C@H](OCc3ccc(C(F)(F)F)cc3)c3ccc(Cl)cc3)CC2)c1. The molecule has 3 aromatic rings. The van der Waals surface area contributed by atoms with Gasteiger partial charge in [0.05, 0.1) is 18.3 Å². The molecule has 0 saturated carbocycles. The van der Waals surface area contributed by atoms with E-state index in [1.807, 2.05) is 12.1 Å². The van der Waals surface area contributed by atoms with Gasteiger partial charge in [-0.05, 0) is 54.4 Å². The van der Waals surface area contributed by atoms with Crippen LogP contribution in [-0.2, 0) is 17.5 Å². The van der Waals surface area contributed by atoms with Crippen LogP contribution in [0.1, 0.15) is 40.1 Å². The van der Waals surface area contributed by atoms with Crippen LogP contribution in [0.2, 0.25) is 5.02 Å². The largest absolute Gasteiger partial charge is 0.416 e. The number of ether oxygens (including phenoxy) is 1. The molecule has 1 N–H and O–H groups in total. The molecule has 0 bridgehead atoms. The van der Waals surface area contributed by atoms with Gasteiger partial charge in [0.15, 0.2) is 5.78 Å². The van der Waals surface area contributed by atoms with Gasteiger partial charge in [0.25, 0.3) is 0 Å². The zero-order valence-corrected chi connectivity index (χ0v) is 22.1. The number of Topliss-reactive ketones (excluding diaryl/α,β-unsaturated/α-hetero) is 1. The Hall–Kier alpha value is -3.40. The lowest BCUT2D eigenvalue weighted by molar-refractivity contribution is -0.137. The third kappa shape index (κ3) is 8.05. The Morgan fingerprint density at radius 2 is 1.64 bits per heavy atom. The van der Waals surface area contributed by atoms with Crippen molar-refractivity contribution in [3.8, 4) is 0 Å². The molecule has 206 valence electrons. The lowest BCUT2D eigenvalue weighted by Gasteiger charge is -2.36. The van der Waals surface area contributed by atoms with Crippen molar-refractivity contribution in [3.05, 3.63) is 100 Å². The minimum atomic E-state index is -4.39. The smallest absolute Gasteiger partial charge is 0.368 e. The minimum absolute atomic E-state index is 0.0736. The summed E-state index contributed by atoms with van der Waals surface area (Å²) in [6.45, 7) is 4.41. The van der Waals surface area contributed by atoms with Gasteiger partial charge in [-0.3, -0.25) is 9.69 Å². The van der Waals surface area contributed by atoms with Gasteiger partial charge < -0.3 is 15.0 Å². The second kappa shape index (κ2) is 12.6. The molecule has 0 unspecified atom stereocenters. The molecule has 0 aliphatic carbocycles. The summed E-state index contributed by atoms with van der Waals surface area (Å²) in [5, 5.41) is 3.45. The van der Waals surface area contributed by atoms with Crippen molar-refractivity contribution in [2.24, 2.45) is 0 Å². The highest BCUT2D eigenvalue weighted by atomic mass is 35.5. The van der Waals surface area contributed by atoms with Gasteiger partial charge in [0.2, 0.25) is 0 Å². The third-order valence-electron chi connectivity index (χ3n) is 6.58. The van der Waals surface area contributed by atoms with E-state index >= 15 is 0 Å². The number of amides is 2. The Bertz CT molecular complexity index is 1280. The molecule has 6 nitrogen and oxygen atoms in total. The number of anilines is 1. The first-order valence-corrected chi connectivity index (χ1v) is 12.9. The number of carbonyl (C=O) groups is 2. The minimum Gasteiger partial charge on any atom is -0.368 e. The Morgan fingerprint density at radius 3 is 2.26 bits per heavy atom. The lowest BCUT2D eigenvalue weighted by atomic mass is 10.1. The summed E-state index contributed by atoms with van der Waals surface area (Å²) in [5.74, 6) is -0.0736. The van der Waals surface area contributed by atoms with E-state index < -0.39 is 11.7 Å². The summed E-state index contributed by atoms with van der Waals surface area (Å²) in [6, 6.07) is 18.8. The van der Waals surface area contributed by atoms with Gasteiger partial charge in [-0.1, -0.05) is 48.0 Å². The molecule has 4 rings (SSSR count). The first-order chi connectivity index (χ1) is 18.6. The van der Waals surface area contributed by atoms with E-state index in [4.69, 9.17) is 16.3 Å². The predicted octanol–water partition coefficient (Wildman–Crippen LogP) is 6.67. The highest BCUT2D eigenvalue weighted by molar-refractivity contribution is 6.30. The second-order valence-electron chi connectivity index (χ2n) is 9.40. The summed E-state index contributed by atoms with van der Waals surface area (Å²) >= 11 is 6.06. The number of hydrogen-bond acceptors (Lipinski definition) is 4. The molecule has 10 heteroatoms. The van der Waals surface area contributed by atoms with Crippen LogP contribution < -0.4 is 5.32 Å². The second-order valence-corrected chi connectivity index (χ2v) is 9.84. The number of nitrogens with zero attached hydrogens (tertiary/aromatic N) is 2. The molecule has 0 spiro atoms. The van der Waals surface area contributed by atoms with E-state index in [2.05, 4.69) is 10.2 Å². The van der Waals surface area contributed by atoms with Crippen molar-refractivity contribution in [1.29, 1.82) is 0 Å². The first kappa shape index (κ1) is 28.6. The normalized spacial score (nSPS) is 15.2. The molecule has 1 aliphatic rings. The van der Waals surface area contributed by atoms with Crippen molar-refractivity contribution in [1.82, 2.24) is 9.80 Å². The molecule has 1 saturated heterocycles. The number of urea groups is 1. The fourth-order valence-corrected chi connectivity index (χ4v) is 4.43. The van der Waals surface area contributed by atoms with E-state index in [1.54, 1.807) is 41.3 Å². The maximum atomic E-state index is 12.9. The van der Waals surface area contributed by atoms with E-state index in [0.29, 0.717) is 54.6 Å². The number of ketones is 1. The number of benzene rings is 3. The van der Waals surface area contributed by atoms with Crippen molar-refractivity contribution < 1.29 is 27.5 Å². The molecular formula is C29H29ClF3N3O3. The van der Waals surface area contributed by atoms with Gasteiger partial charge in [-0.2, -0.15) is 13.2 Å². The predicted molar refractivity (Wildman–Crippen MR) is 144 cm³/mol. The molecule has 3 aromatic carbocycles. The van der Waals surface area contributed by atoms with Crippen LogP contribution in [0.4, 0.5) is 23.7 Å². The van der Waals surface area contributed by atoms with Crippen LogP contribution in [0, 0.1) is 0 Å². The molecule has 1 heterocycles. The Balaban J connectivity index is 1.35. The average molecular weight is 560 g/mol. The van der Waals surface area contributed by atoms with Crippen molar-refractivity contribution in [3.63, 3.8) is 0 Å². The first-order valence-electron chi connectivity index (χ1n) is 12.5. The van der Waals surface area contributed by atoms with Crippen LogP contribution in [0.15, 0.2) is 72.8 Å². The van der Waals surface area contributed by atoms with Gasteiger partial charge in [-0.15, -0.1) is 0 Å². The van der Waals surface area contributed by atoms with Crippen LogP contribution >= 0.6 is 11.6 Å². The lowest BCUT2D eigenvalue weighted by Crippen LogP contribution is -2.50. The molecule has 0 aromatic heterocycles. The topological polar surface area (TPSA) is 61.9 Å². The monoisotopic (exact) mass is 559 g/mol. The Morgan fingerprint density at radius 1 is 0.974 bits per heavy atom. The van der Waals surface area contributed by atoms with Gasteiger partial charge in [0.1, 0.15) is 0 Å². The number of rotatable bonds is 8. The van der Waals surface area contributed by atoms with Crippen LogP contribution in [0.5, 0.6) is 0 Å². The van der Waals surface area contributed by atoms with E-state index in [0.717, 1.165) is 17.7 Å². The number of piperazine rings is 1. The third-order valence-corrected chi connectivity index (χ3v) is 6.83. The molecule has 1 atom stereocenters. The van der Waals surface area contributed by atoms with Crippen LogP contribution in [0.25, 0.3) is 0 Å². The highest BCUT2D eigenvalue weighted by Gasteiger charge is 2.30. The number of carbonyl (C=O) groups excluding carboxylic acids is 2. The van der Waals surface area contributed by atoms with Crippen molar-refractivity contribution >= 4 is 29.1 Å². The maximum Gasteiger partial charge on any atom is 0.416 e. The molecular weight excluding hydrogens is 531 g/mol. The van der Waals surface area contributed by atoms with Gasteiger partial charge in [0, 0.05) is 49.0 Å². The molecule has 0 radical (unpaired) electrons. The Labute approximate surface area is 230 Å². The van der Waals surface area contributed by atoms with Crippen LogP contribution in [-0.4, -0.2) is 54.3 Å². The van der Waals surface area contributed by atoms with Crippen LogP contribution in [0.3, 0.4) is 0 Å². The molecule has 2 amide bonds. The highest BCUT2D eigenvalue weighted by Crippen LogP contribution is 2.30. The Kier molecular flexibility index (Phi) is 9.27. The molecule has 1 aliphatic heterocycles. The number of nitrogens with one attached hydrogen (secondary N) is 1. The number of halogens is 4. The standard InChI is InChI=1S/C29H29ClF3N3O3/c1-20(37)23-3-2-4-26(17-23)34-28(38)36-15-13-35(14-16-36)18-27(22-7-11-25(30)12-8-22)39-19-21-5-9-24(10-6-21)29(31,32)33/h2-12,17,27H,13-16,18-19H2,1H3,(H,34,38)/t27-/m0/s1. The number of hydrogen-bond donors (Lipinski definition) is 1. The van der Waals surface area contributed by atoms with E-state index in [-0.39, 0.29) is 24.5 Å². The molecule has 1 fully saturated rings. The zero-order chi connectivity index (χ0) is 28.0. The summed E-state index contributed by atoms with van der Waals surface area (Å²) in [4.78, 5) is 28.3. The average Bonchev–Trinajstić information content (AvgIpc) is 2.92.